The van der Waals surface area contributed by atoms with Crippen LogP contribution < -0.4 is 0 Å². The molecule has 0 aliphatic carbocycles. The van der Waals surface area contributed by atoms with Gasteiger partial charge in [-0.05, 0) is 19.9 Å². The average molecular weight is 311 g/mol. The number of aryl methyl sites for hydroxylation is 2. The van der Waals surface area contributed by atoms with E-state index in [4.69, 9.17) is 16.0 Å². The zero-order chi connectivity index (χ0) is 15.7. The van der Waals surface area contributed by atoms with Gasteiger partial charge in [-0.1, -0.05) is 60.2 Å². The lowest BCUT2D eigenvalue weighted by atomic mass is 10.1. The largest absolute Gasteiger partial charge is 0.441 e. The minimum Gasteiger partial charge on any atom is -0.441 e. The third-order valence-electron chi connectivity index (χ3n) is 3.43. The van der Waals surface area contributed by atoms with Crippen molar-refractivity contribution in [1.29, 1.82) is 0 Å². The highest BCUT2D eigenvalue weighted by molar-refractivity contribution is 6.32. The van der Waals surface area contributed by atoms with Crippen LogP contribution in [0.2, 0.25) is 5.15 Å². The van der Waals surface area contributed by atoms with E-state index in [0.29, 0.717) is 22.1 Å². The lowest BCUT2D eigenvalue weighted by Crippen LogP contribution is -1.90. The van der Waals surface area contributed by atoms with Crippen molar-refractivity contribution in [3.8, 4) is 11.3 Å². The van der Waals surface area contributed by atoms with Gasteiger partial charge in [0.2, 0.25) is 5.71 Å². The fourth-order valence-corrected chi connectivity index (χ4v) is 2.50. The highest BCUT2D eigenvalue weighted by Gasteiger charge is 2.16. The van der Waals surface area contributed by atoms with Crippen LogP contribution in [0, 0.1) is 13.8 Å². The maximum atomic E-state index is 6.28. The summed E-state index contributed by atoms with van der Waals surface area (Å²) in [5, 5.41) is 0.337. The van der Waals surface area contributed by atoms with E-state index in [1.54, 1.807) is 6.08 Å². The van der Waals surface area contributed by atoms with E-state index in [1.807, 2.05) is 50.3 Å². The minimum atomic E-state index is 0.337. The van der Waals surface area contributed by atoms with Gasteiger partial charge in [-0.25, -0.2) is 4.98 Å². The van der Waals surface area contributed by atoms with Crippen LogP contribution >= 0.6 is 11.6 Å². The number of benzene rings is 1. The second-order valence-electron chi connectivity index (χ2n) is 5.05. The summed E-state index contributed by atoms with van der Waals surface area (Å²) in [5.41, 5.74) is 4.82. The molecule has 0 N–H and O–H groups in total. The van der Waals surface area contributed by atoms with Gasteiger partial charge in [-0.3, -0.25) is 0 Å². The highest BCUT2D eigenvalue weighted by atomic mass is 35.5. The molecular weight excluding hydrogens is 296 g/mol. The molecule has 0 amide bonds. The molecule has 22 heavy (non-hydrogen) atoms. The minimum absolute atomic E-state index is 0.337. The van der Waals surface area contributed by atoms with E-state index in [1.165, 1.54) is 5.56 Å². The molecule has 0 aliphatic rings. The summed E-state index contributed by atoms with van der Waals surface area (Å²) in [7, 11) is 0. The fraction of sp³-hybridized carbons (Fsp3) is 0.111. The maximum Gasteiger partial charge on any atom is 0.247 e. The molecule has 0 spiro atoms. The molecule has 1 aromatic carbocycles. The van der Waals surface area contributed by atoms with Gasteiger partial charge >= 0.3 is 0 Å². The van der Waals surface area contributed by atoms with Gasteiger partial charge in [0.1, 0.15) is 17.0 Å². The number of furan rings is 1. The van der Waals surface area contributed by atoms with Crippen molar-refractivity contribution in [3.05, 3.63) is 65.0 Å². The maximum absolute atomic E-state index is 6.28. The Morgan fingerprint density at radius 3 is 2.55 bits per heavy atom. The van der Waals surface area contributed by atoms with Crippen LogP contribution in [0.15, 0.2) is 47.4 Å². The Balaban J connectivity index is 2.23. The van der Waals surface area contributed by atoms with Gasteiger partial charge in [-0.2, -0.15) is 4.98 Å². The van der Waals surface area contributed by atoms with Crippen LogP contribution in [0.4, 0.5) is 0 Å². The van der Waals surface area contributed by atoms with Crippen LogP contribution in [-0.4, -0.2) is 9.97 Å². The molecular formula is C18H15ClN2O. The molecule has 110 valence electrons. The first-order valence-electron chi connectivity index (χ1n) is 6.93. The van der Waals surface area contributed by atoms with Crippen molar-refractivity contribution in [2.45, 2.75) is 13.8 Å². The molecule has 0 radical (unpaired) electrons. The first kappa shape index (κ1) is 14.5. The summed E-state index contributed by atoms with van der Waals surface area (Å²) in [5.74, 6) is 0.755. The summed E-state index contributed by atoms with van der Waals surface area (Å²) in [6.07, 6.45) is 5.47. The van der Waals surface area contributed by atoms with E-state index < -0.39 is 0 Å². The Labute approximate surface area is 134 Å². The van der Waals surface area contributed by atoms with Crippen LogP contribution in [0.3, 0.4) is 0 Å². The van der Waals surface area contributed by atoms with E-state index >= 15 is 0 Å². The van der Waals surface area contributed by atoms with Crippen molar-refractivity contribution in [2.75, 3.05) is 0 Å². The van der Waals surface area contributed by atoms with E-state index in [-0.39, 0.29) is 0 Å². The Morgan fingerprint density at radius 1 is 1.14 bits per heavy atom. The third kappa shape index (κ3) is 2.55. The van der Waals surface area contributed by atoms with E-state index in [0.717, 1.165) is 16.9 Å². The van der Waals surface area contributed by atoms with Crippen LogP contribution in [0.1, 0.15) is 16.9 Å². The molecule has 0 unspecified atom stereocenters. The zero-order valence-electron chi connectivity index (χ0n) is 12.4. The Bertz CT molecular complexity index is 876. The number of aromatic nitrogens is 2. The molecule has 0 atom stereocenters. The molecule has 0 saturated carbocycles. The average Bonchev–Trinajstić information content (AvgIpc) is 2.80. The summed E-state index contributed by atoms with van der Waals surface area (Å²) in [6, 6.07) is 8.03. The number of hydrogen-bond acceptors (Lipinski definition) is 3. The second kappa shape index (κ2) is 5.78. The topological polar surface area (TPSA) is 38.9 Å². The normalized spacial score (nSPS) is 11.4. The van der Waals surface area contributed by atoms with Gasteiger partial charge in [0, 0.05) is 11.1 Å². The summed E-state index contributed by atoms with van der Waals surface area (Å²) >= 11 is 6.28. The second-order valence-corrected chi connectivity index (χ2v) is 5.41. The number of allylic oxidation sites excluding steroid dienone is 2. The van der Waals surface area contributed by atoms with Gasteiger partial charge < -0.3 is 4.42 Å². The van der Waals surface area contributed by atoms with Gasteiger partial charge in [0.05, 0.1) is 0 Å². The summed E-state index contributed by atoms with van der Waals surface area (Å²) in [6.45, 7) is 7.60. The quantitative estimate of drug-likeness (QED) is 0.611. The summed E-state index contributed by atoms with van der Waals surface area (Å²) < 4.78 is 5.64. The lowest BCUT2D eigenvalue weighted by molar-refractivity contribution is 0.566. The van der Waals surface area contributed by atoms with Crippen LogP contribution in [-0.2, 0) is 0 Å². The molecule has 0 saturated heterocycles. The number of rotatable bonds is 3. The zero-order valence-corrected chi connectivity index (χ0v) is 13.2. The number of nitrogens with zero attached hydrogens (tertiary/aromatic N) is 2. The van der Waals surface area contributed by atoms with Crippen molar-refractivity contribution in [1.82, 2.24) is 9.97 Å². The van der Waals surface area contributed by atoms with Crippen molar-refractivity contribution >= 4 is 28.9 Å². The number of hydrogen-bond donors (Lipinski definition) is 0. The van der Waals surface area contributed by atoms with Gasteiger partial charge in [0.25, 0.3) is 0 Å². The van der Waals surface area contributed by atoms with Crippen molar-refractivity contribution in [3.63, 3.8) is 0 Å². The van der Waals surface area contributed by atoms with E-state index in [9.17, 15) is 0 Å². The van der Waals surface area contributed by atoms with Crippen molar-refractivity contribution < 1.29 is 4.42 Å². The van der Waals surface area contributed by atoms with Gasteiger partial charge in [0.15, 0.2) is 5.15 Å². The van der Waals surface area contributed by atoms with Gasteiger partial charge in [-0.15, -0.1) is 0 Å². The molecule has 0 aliphatic heterocycles. The fourth-order valence-electron chi connectivity index (χ4n) is 2.27. The first-order valence-corrected chi connectivity index (χ1v) is 7.30. The molecule has 0 fully saturated rings. The smallest absolute Gasteiger partial charge is 0.247 e. The predicted molar refractivity (Wildman–Crippen MR) is 91.0 cm³/mol. The first-order chi connectivity index (χ1) is 10.6. The Kier molecular flexibility index (Phi) is 3.82. The molecule has 3 rings (SSSR count). The molecule has 3 aromatic rings. The molecule has 0 bridgehead atoms. The number of fused-ring (bicyclic) bond motifs is 1. The predicted octanol–water partition coefficient (Wildman–Crippen LogP) is 5.36. The molecule has 2 heterocycles. The Hall–Kier alpha value is -2.39. The summed E-state index contributed by atoms with van der Waals surface area (Å²) in [4.78, 5) is 9.02. The van der Waals surface area contributed by atoms with Crippen molar-refractivity contribution in [2.24, 2.45) is 0 Å². The molecule has 3 nitrogen and oxygen atoms in total. The molecule has 2 aromatic heterocycles. The lowest BCUT2D eigenvalue weighted by Gasteiger charge is -2.03. The monoisotopic (exact) mass is 310 g/mol. The highest BCUT2D eigenvalue weighted by Crippen LogP contribution is 2.31. The SMILES string of the molecule is C=C/C=C\c1c(C)oc2nc(Cl)c(-c3ccc(C)cc3)nc12. The third-order valence-corrected chi connectivity index (χ3v) is 3.69. The molecule has 4 heteroatoms. The Morgan fingerprint density at radius 2 is 1.86 bits per heavy atom. The number of halogens is 1. The van der Waals surface area contributed by atoms with Crippen LogP contribution in [0.25, 0.3) is 28.6 Å². The van der Waals surface area contributed by atoms with Crippen LogP contribution in [0.5, 0.6) is 0 Å². The standard InChI is InChI=1S/C18H15ClN2O/c1-4-5-6-14-12(3)22-18-16(14)20-15(17(19)21-18)13-9-7-11(2)8-10-13/h4-10H,1H2,2-3H3/b6-5-. The van der Waals surface area contributed by atoms with E-state index in [2.05, 4.69) is 16.5 Å².